The Morgan fingerprint density at radius 1 is 1.33 bits per heavy atom. The summed E-state index contributed by atoms with van der Waals surface area (Å²) in [6.45, 7) is 2.51. The molecule has 0 fully saturated rings. The van der Waals surface area contributed by atoms with E-state index in [0.29, 0.717) is 6.54 Å². The summed E-state index contributed by atoms with van der Waals surface area (Å²) in [6.07, 6.45) is -0.127. The van der Waals surface area contributed by atoms with Crippen LogP contribution < -0.4 is 10.5 Å². The highest BCUT2D eigenvalue weighted by Gasteiger charge is 2.13. The van der Waals surface area contributed by atoms with Gasteiger partial charge in [0.05, 0.1) is 6.61 Å². The van der Waals surface area contributed by atoms with E-state index in [0.717, 1.165) is 16.2 Å². The molecular weight excluding hydrogens is 246 g/mol. The molecule has 3 nitrogen and oxygen atoms in total. The minimum absolute atomic E-state index is 0.0165. The first kappa shape index (κ1) is 13.1. The molecule has 0 bridgehead atoms. The summed E-state index contributed by atoms with van der Waals surface area (Å²) < 4.78 is 5.88. The number of aliphatic hydroxyl groups excluding tert-OH is 1. The van der Waals surface area contributed by atoms with Crippen molar-refractivity contribution in [2.24, 2.45) is 5.73 Å². The largest absolute Gasteiger partial charge is 0.484 e. The summed E-state index contributed by atoms with van der Waals surface area (Å²) in [6, 6.07) is 11.6. The smallest absolute Gasteiger partial charge is 0.145 e. The van der Waals surface area contributed by atoms with Gasteiger partial charge in [-0.15, -0.1) is 11.3 Å². The summed E-state index contributed by atoms with van der Waals surface area (Å²) in [5.74, 6) is 0.739. The first-order chi connectivity index (χ1) is 8.72. The van der Waals surface area contributed by atoms with Gasteiger partial charge in [-0.1, -0.05) is 12.1 Å². The number of aliphatic hydroxyl groups is 1. The second-order valence-electron chi connectivity index (χ2n) is 4.10. The van der Waals surface area contributed by atoms with E-state index in [1.54, 1.807) is 11.3 Å². The molecule has 0 spiro atoms. The lowest BCUT2D eigenvalue weighted by Gasteiger charge is -2.16. The van der Waals surface area contributed by atoms with E-state index < -0.39 is 0 Å². The van der Waals surface area contributed by atoms with Crippen molar-refractivity contribution in [2.75, 3.05) is 6.54 Å². The molecule has 0 aliphatic heterocycles. The normalized spacial score (nSPS) is 12.4. The lowest BCUT2D eigenvalue weighted by atomic mass is 10.2. The average Bonchev–Trinajstić information content (AvgIpc) is 2.82. The van der Waals surface area contributed by atoms with E-state index in [2.05, 4.69) is 13.0 Å². The maximum atomic E-state index is 9.10. The maximum Gasteiger partial charge on any atom is 0.145 e. The Balaban J connectivity index is 2.14. The molecule has 0 saturated carbocycles. The van der Waals surface area contributed by atoms with Crippen molar-refractivity contribution in [2.45, 2.75) is 19.6 Å². The molecule has 4 heteroatoms. The van der Waals surface area contributed by atoms with Crippen LogP contribution in [0.4, 0.5) is 0 Å². The topological polar surface area (TPSA) is 55.5 Å². The van der Waals surface area contributed by atoms with E-state index in [4.69, 9.17) is 15.6 Å². The number of rotatable bonds is 5. The fourth-order valence-corrected chi connectivity index (χ4v) is 2.65. The molecule has 2 rings (SSSR count). The van der Waals surface area contributed by atoms with Gasteiger partial charge in [0.15, 0.2) is 0 Å². The number of aryl methyl sites for hydroxylation is 1. The average molecular weight is 263 g/mol. The fourth-order valence-electron chi connectivity index (χ4n) is 1.73. The highest BCUT2D eigenvalue weighted by atomic mass is 32.1. The summed E-state index contributed by atoms with van der Waals surface area (Å²) in [4.78, 5) is 2.38. The van der Waals surface area contributed by atoms with Crippen LogP contribution in [0.5, 0.6) is 5.75 Å². The number of nitrogens with two attached hydrogens (primary N) is 1. The number of hydrogen-bond donors (Lipinski definition) is 2. The molecule has 1 aromatic heterocycles. The third-order valence-electron chi connectivity index (χ3n) is 2.65. The zero-order valence-electron chi connectivity index (χ0n) is 10.3. The third kappa shape index (κ3) is 3.10. The first-order valence-corrected chi connectivity index (χ1v) is 6.67. The molecule has 96 valence electrons. The van der Waals surface area contributed by atoms with E-state index in [1.165, 1.54) is 4.88 Å². The number of thiophene rings is 1. The number of ether oxygens (including phenoxy) is 1. The number of hydrogen-bond acceptors (Lipinski definition) is 4. The summed E-state index contributed by atoms with van der Waals surface area (Å²) in [7, 11) is 0. The van der Waals surface area contributed by atoms with Gasteiger partial charge in [0.2, 0.25) is 0 Å². The molecule has 3 N–H and O–H groups in total. The molecule has 0 aliphatic rings. The fraction of sp³-hybridized carbons (Fsp3) is 0.286. The van der Waals surface area contributed by atoms with Gasteiger partial charge in [0.1, 0.15) is 11.9 Å². The number of benzene rings is 1. The molecule has 0 aliphatic carbocycles. The van der Waals surface area contributed by atoms with Crippen LogP contribution >= 0.6 is 11.3 Å². The Hall–Kier alpha value is -1.36. The zero-order valence-corrected chi connectivity index (χ0v) is 11.1. The van der Waals surface area contributed by atoms with Crippen molar-refractivity contribution in [1.82, 2.24) is 0 Å². The van der Waals surface area contributed by atoms with Crippen molar-refractivity contribution in [3.63, 3.8) is 0 Å². The van der Waals surface area contributed by atoms with Gasteiger partial charge >= 0.3 is 0 Å². The molecule has 1 atom stereocenters. The van der Waals surface area contributed by atoms with Gasteiger partial charge in [0, 0.05) is 16.3 Å². The highest BCUT2D eigenvalue weighted by molar-refractivity contribution is 7.12. The van der Waals surface area contributed by atoms with Crippen LogP contribution in [-0.4, -0.2) is 11.7 Å². The Morgan fingerprint density at radius 2 is 2.17 bits per heavy atom. The second-order valence-corrected chi connectivity index (χ2v) is 5.42. The van der Waals surface area contributed by atoms with Gasteiger partial charge in [-0.3, -0.25) is 0 Å². The lowest BCUT2D eigenvalue weighted by molar-refractivity contribution is 0.216. The standard InChI is InChI=1S/C14H17NO2S/c1-10-5-6-14(18-10)13(8-15)17-12-4-2-3-11(7-12)9-16/h2-7,13,16H,8-9,15H2,1H3. The Bertz CT molecular complexity index is 510. The van der Waals surface area contributed by atoms with Crippen LogP contribution in [0.15, 0.2) is 36.4 Å². The highest BCUT2D eigenvalue weighted by Crippen LogP contribution is 2.27. The minimum Gasteiger partial charge on any atom is -0.484 e. The Kier molecular flexibility index (Phi) is 4.36. The molecule has 0 amide bonds. The quantitative estimate of drug-likeness (QED) is 0.872. The van der Waals surface area contributed by atoms with Gasteiger partial charge in [0.25, 0.3) is 0 Å². The van der Waals surface area contributed by atoms with Crippen LogP contribution in [0.1, 0.15) is 21.4 Å². The van der Waals surface area contributed by atoms with Crippen molar-refractivity contribution < 1.29 is 9.84 Å². The summed E-state index contributed by atoms with van der Waals surface area (Å²) in [5.41, 5.74) is 6.60. The van der Waals surface area contributed by atoms with Gasteiger partial charge in [-0.25, -0.2) is 0 Å². The minimum atomic E-state index is -0.127. The molecule has 2 aromatic rings. The van der Waals surface area contributed by atoms with Gasteiger partial charge < -0.3 is 15.6 Å². The Labute approximate surface area is 111 Å². The van der Waals surface area contributed by atoms with Gasteiger partial charge in [-0.05, 0) is 36.8 Å². The van der Waals surface area contributed by atoms with Crippen molar-refractivity contribution in [3.05, 3.63) is 51.7 Å². The molecule has 1 unspecified atom stereocenters. The molecule has 0 saturated heterocycles. The van der Waals surface area contributed by atoms with Crippen LogP contribution in [0.25, 0.3) is 0 Å². The molecule has 0 radical (unpaired) electrons. The van der Waals surface area contributed by atoms with E-state index >= 15 is 0 Å². The lowest BCUT2D eigenvalue weighted by Crippen LogP contribution is -2.17. The zero-order chi connectivity index (χ0) is 13.0. The first-order valence-electron chi connectivity index (χ1n) is 5.86. The van der Waals surface area contributed by atoms with Crippen molar-refractivity contribution in [1.29, 1.82) is 0 Å². The summed E-state index contributed by atoms with van der Waals surface area (Å²) >= 11 is 1.70. The van der Waals surface area contributed by atoms with Crippen molar-refractivity contribution >= 4 is 11.3 Å². The predicted molar refractivity (Wildman–Crippen MR) is 73.8 cm³/mol. The van der Waals surface area contributed by atoms with Crippen LogP contribution in [0, 0.1) is 6.92 Å². The Morgan fingerprint density at radius 3 is 2.78 bits per heavy atom. The predicted octanol–water partition coefficient (Wildman–Crippen LogP) is 2.63. The molecule has 1 heterocycles. The summed E-state index contributed by atoms with van der Waals surface area (Å²) in [5, 5.41) is 9.10. The maximum absolute atomic E-state index is 9.10. The van der Waals surface area contributed by atoms with Gasteiger partial charge in [-0.2, -0.15) is 0 Å². The third-order valence-corrected chi connectivity index (χ3v) is 3.74. The molecular formula is C14H17NO2S. The molecule has 18 heavy (non-hydrogen) atoms. The van der Waals surface area contributed by atoms with E-state index in [9.17, 15) is 0 Å². The second kappa shape index (κ2) is 6.00. The monoisotopic (exact) mass is 263 g/mol. The van der Waals surface area contributed by atoms with Crippen molar-refractivity contribution in [3.8, 4) is 5.75 Å². The van der Waals surface area contributed by atoms with Crippen LogP contribution in [-0.2, 0) is 6.61 Å². The van der Waals surface area contributed by atoms with E-state index in [-0.39, 0.29) is 12.7 Å². The van der Waals surface area contributed by atoms with Crippen LogP contribution in [0.3, 0.4) is 0 Å². The molecule has 1 aromatic carbocycles. The van der Waals surface area contributed by atoms with E-state index in [1.807, 2.05) is 30.3 Å². The SMILES string of the molecule is Cc1ccc(C(CN)Oc2cccc(CO)c2)s1. The van der Waals surface area contributed by atoms with Crippen LogP contribution in [0.2, 0.25) is 0 Å².